The topological polar surface area (TPSA) is 17.1 Å². The van der Waals surface area contributed by atoms with E-state index in [2.05, 4.69) is 0 Å². The number of carbonyl (C=O) groups is 1. The molecule has 0 amide bonds. The molecule has 1 unspecified atom stereocenters. The van der Waals surface area contributed by atoms with Crippen LogP contribution in [-0.2, 0) is 11.0 Å². The molecule has 0 heterocycles. The molecular formula is C26H23Cl2F3O. The fraction of sp³-hybridized carbons (Fsp3) is 0.269. The summed E-state index contributed by atoms with van der Waals surface area (Å²) in [6.07, 6.45) is -3.73. The maximum atomic E-state index is 13.0. The van der Waals surface area contributed by atoms with E-state index in [1.165, 1.54) is 12.1 Å². The smallest absolute Gasteiger partial charge is 0.299 e. The largest absolute Gasteiger partial charge is 0.416 e. The number of Topliss-reactive ketones (excluding diaryl/α,β-unsaturated/α-hetero) is 1. The molecule has 6 heteroatoms. The van der Waals surface area contributed by atoms with E-state index in [9.17, 15) is 18.0 Å². The molecule has 0 aliphatic rings. The van der Waals surface area contributed by atoms with Crippen LogP contribution in [0.1, 0.15) is 44.2 Å². The van der Waals surface area contributed by atoms with Gasteiger partial charge in [0.05, 0.1) is 5.56 Å². The highest BCUT2D eigenvalue weighted by Gasteiger charge is 2.30. The van der Waals surface area contributed by atoms with Crippen LogP contribution in [0.5, 0.6) is 0 Å². The lowest BCUT2D eigenvalue weighted by Crippen LogP contribution is -2.12. The quantitative estimate of drug-likeness (QED) is 0.345. The lowest BCUT2D eigenvalue weighted by Gasteiger charge is -2.19. The van der Waals surface area contributed by atoms with Crippen molar-refractivity contribution in [3.05, 3.63) is 81.8 Å². The average Bonchev–Trinajstić information content (AvgIpc) is 2.70. The maximum absolute atomic E-state index is 13.0. The summed E-state index contributed by atoms with van der Waals surface area (Å²) in [5.74, 6) is 0.0128. The first-order chi connectivity index (χ1) is 14.9. The molecule has 0 radical (unpaired) electrons. The Morgan fingerprint density at radius 1 is 0.812 bits per heavy atom. The summed E-state index contributed by atoms with van der Waals surface area (Å²) in [6.45, 7) is 5.66. The second-order valence-corrected chi connectivity index (χ2v) is 9.24. The second-order valence-electron chi connectivity index (χ2n) is 8.37. The van der Waals surface area contributed by atoms with E-state index in [4.69, 9.17) is 23.2 Å². The van der Waals surface area contributed by atoms with Crippen LogP contribution in [0.2, 0.25) is 10.0 Å². The van der Waals surface area contributed by atoms with Gasteiger partial charge in [0, 0.05) is 16.0 Å². The normalized spacial score (nSPS) is 12.8. The summed E-state index contributed by atoms with van der Waals surface area (Å²) in [7, 11) is 0. The van der Waals surface area contributed by atoms with Crippen LogP contribution in [-0.4, -0.2) is 5.78 Å². The molecule has 32 heavy (non-hydrogen) atoms. The van der Waals surface area contributed by atoms with Gasteiger partial charge in [0.15, 0.2) is 0 Å². The van der Waals surface area contributed by atoms with Gasteiger partial charge in [-0.1, -0.05) is 61.3 Å². The third-order valence-corrected chi connectivity index (χ3v) is 5.73. The van der Waals surface area contributed by atoms with Crippen LogP contribution < -0.4 is 0 Å². The van der Waals surface area contributed by atoms with Gasteiger partial charge in [0.2, 0.25) is 0 Å². The van der Waals surface area contributed by atoms with Crippen LogP contribution in [0.3, 0.4) is 0 Å². The number of hydrogen-bond donors (Lipinski definition) is 0. The van der Waals surface area contributed by atoms with Crippen molar-refractivity contribution in [1.82, 2.24) is 0 Å². The number of hydrogen-bond acceptors (Lipinski definition) is 1. The van der Waals surface area contributed by atoms with Gasteiger partial charge in [-0.2, -0.15) is 13.2 Å². The minimum atomic E-state index is -4.40. The van der Waals surface area contributed by atoms with Gasteiger partial charge in [0.25, 0.3) is 0 Å². The Labute approximate surface area is 196 Å². The highest BCUT2D eigenvalue weighted by molar-refractivity contribution is 6.35. The fourth-order valence-corrected chi connectivity index (χ4v) is 4.29. The lowest BCUT2D eigenvalue weighted by atomic mass is 9.84. The zero-order valence-electron chi connectivity index (χ0n) is 17.9. The molecule has 0 spiro atoms. The predicted molar refractivity (Wildman–Crippen MR) is 125 cm³/mol. The molecule has 0 aliphatic carbocycles. The van der Waals surface area contributed by atoms with Gasteiger partial charge in [-0.3, -0.25) is 4.79 Å². The van der Waals surface area contributed by atoms with Crippen LogP contribution in [0, 0.1) is 5.92 Å². The SMILES string of the molecule is CC(=O)C(CC(C)C)c1cc(-c2ccc(C(F)(F)F)cc2)cc(-c2cc(Cl)cc(Cl)c2)c1. The highest BCUT2D eigenvalue weighted by Crippen LogP contribution is 2.37. The Bertz CT molecular complexity index is 1100. The Morgan fingerprint density at radius 2 is 1.31 bits per heavy atom. The second kappa shape index (κ2) is 9.68. The molecule has 0 saturated heterocycles. The average molecular weight is 479 g/mol. The van der Waals surface area contributed by atoms with Crippen LogP contribution in [0.15, 0.2) is 60.7 Å². The first kappa shape index (κ1) is 24.3. The Hall–Kier alpha value is -2.30. The Kier molecular flexibility index (Phi) is 7.36. The van der Waals surface area contributed by atoms with Crippen LogP contribution in [0.4, 0.5) is 13.2 Å². The fourth-order valence-electron chi connectivity index (χ4n) is 3.77. The van der Waals surface area contributed by atoms with E-state index < -0.39 is 11.7 Å². The zero-order valence-corrected chi connectivity index (χ0v) is 19.4. The summed E-state index contributed by atoms with van der Waals surface area (Å²) < 4.78 is 39.0. The van der Waals surface area contributed by atoms with E-state index in [0.717, 1.165) is 34.4 Å². The minimum absolute atomic E-state index is 0.0401. The van der Waals surface area contributed by atoms with Gasteiger partial charge in [-0.15, -0.1) is 0 Å². The van der Waals surface area contributed by atoms with Gasteiger partial charge >= 0.3 is 6.18 Å². The molecule has 3 aromatic rings. The molecule has 0 saturated carbocycles. The molecule has 0 bridgehead atoms. The highest BCUT2D eigenvalue weighted by atomic mass is 35.5. The third kappa shape index (κ3) is 5.93. The summed E-state index contributed by atoms with van der Waals surface area (Å²) >= 11 is 12.4. The van der Waals surface area contributed by atoms with Crippen molar-refractivity contribution >= 4 is 29.0 Å². The molecule has 0 fully saturated rings. The van der Waals surface area contributed by atoms with Crippen molar-refractivity contribution in [3.63, 3.8) is 0 Å². The molecule has 168 valence electrons. The van der Waals surface area contributed by atoms with Crippen molar-refractivity contribution < 1.29 is 18.0 Å². The van der Waals surface area contributed by atoms with Crippen LogP contribution >= 0.6 is 23.2 Å². The molecule has 0 N–H and O–H groups in total. The number of halogens is 5. The Morgan fingerprint density at radius 3 is 1.78 bits per heavy atom. The third-order valence-electron chi connectivity index (χ3n) is 5.30. The van der Waals surface area contributed by atoms with Crippen molar-refractivity contribution in [2.24, 2.45) is 5.92 Å². The summed E-state index contributed by atoms with van der Waals surface area (Å²) in [6, 6.07) is 15.9. The van der Waals surface area contributed by atoms with E-state index in [1.807, 2.05) is 32.0 Å². The van der Waals surface area contributed by atoms with Crippen molar-refractivity contribution in [3.8, 4) is 22.3 Å². The number of benzene rings is 3. The van der Waals surface area contributed by atoms with Crippen molar-refractivity contribution in [2.75, 3.05) is 0 Å². The molecule has 1 nitrogen and oxygen atoms in total. The molecule has 3 aromatic carbocycles. The van der Waals surface area contributed by atoms with E-state index in [-0.39, 0.29) is 11.7 Å². The number of alkyl halides is 3. The van der Waals surface area contributed by atoms with Crippen molar-refractivity contribution in [1.29, 1.82) is 0 Å². The molecular weight excluding hydrogens is 456 g/mol. The van der Waals surface area contributed by atoms with E-state index >= 15 is 0 Å². The van der Waals surface area contributed by atoms with Gasteiger partial charge in [-0.05, 0) is 83.5 Å². The molecule has 0 aromatic heterocycles. The van der Waals surface area contributed by atoms with Crippen molar-refractivity contribution in [2.45, 2.75) is 39.3 Å². The zero-order chi connectivity index (χ0) is 23.6. The summed E-state index contributed by atoms with van der Waals surface area (Å²) in [5.41, 5.74) is 3.01. The maximum Gasteiger partial charge on any atom is 0.416 e. The predicted octanol–water partition coefficient (Wildman–Crippen LogP) is 9.06. The summed E-state index contributed by atoms with van der Waals surface area (Å²) in [5, 5.41) is 0.943. The summed E-state index contributed by atoms with van der Waals surface area (Å²) in [4.78, 5) is 12.5. The first-order valence-electron chi connectivity index (χ1n) is 10.2. The van der Waals surface area contributed by atoms with E-state index in [1.54, 1.807) is 25.1 Å². The lowest BCUT2D eigenvalue weighted by molar-refractivity contribution is -0.137. The standard InChI is InChI=1S/C26H23Cl2F3O/c1-15(2)8-25(16(3)32)21-10-18(17-4-6-22(7-5-17)26(29,30)31)9-19(11-21)20-12-23(27)14-24(28)13-20/h4-7,9-15,25H,8H2,1-3H3. The number of ketones is 1. The van der Waals surface area contributed by atoms with Gasteiger partial charge in [0.1, 0.15) is 5.78 Å². The molecule has 1 atom stereocenters. The first-order valence-corrected chi connectivity index (χ1v) is 11.0. The molecule has 0 aliphatic heterocycles. The molecule has 3 rings (SSSR count). The monoisotopic (exact) mass is 478 g/mol. The Balaban J connectivity index is 2.19. The van der Waals surface area contributed by atoms with Gasteiger partial charge in [-0.25, -0.2) is 0 Å². The van der Waals surface area contributed by atoms with Crippen LogP contribution in [0.25, 0.3) is 22.3 Å². The number of carbonyl (C=O) groups excluding carboxylic acids is 1. The van der Waals surface area contributed by atoms with Gasteiger partial charge < -0.3 is 0 Å². The number of rotatable bonds is 6. The minimum Gasteiger partial charge on any atom is -0.299 e. The van der Waals surface area contributed by atoms with E-state index in [0.29, 0.717) is 27.9 Å².